The molecule has 1 aromatic heterocycles. The molecule has 0 aliphatic heterocycles. The zero-order valence-corrected chi connectivity index (χ0v) is 14.2. The van der Waals surface area contributed by atoms with Crippen LogP contribution in [0, 0.1) is 6.92 Å². The van der Waals surface area contributed by atoms with Crippen molar-refractivity contribution in [3.8, 4) is 5.75 Å². The van der Waals surface area contributed by atoms with Crippen molar-refractivity contribution in [2.45, 2.75) is 31.7 Å². The van der Waals surface area contributed by atoms with Crippen molar-refractivity contribution < 1.29 is 13.2 Å². The second kappa shape index (κ2) is 6.97. The van der Waals surface area contributed by atoms with Gasteiger partial charge in [-0.15, -0.1) is 0 Å². The zero-order valence-electron chi connectivity index (χ0n) is 13.4. The SMILES string of the molecule is CCOc1cccc(C(C)NS(=O)(=O)c2cnc(N)c(C)c2)c1. The Hall–Kier alpha value is -2.12. The van der Waals surface area contributed by atoms with E-state index in [-0.39, 0.29) is 4.90 Å². The summed E-state index contributed by atoms with van der Waals surface area (Å²) in [5.41, 5.74) is 7.07. The highest BCUT2D eigenvalue weighted by Crippen LogP contribution is 2.22. The maximum absolute atomic E-state index is 12.5. The van der Waals surface area contributed by atoms with Crippen LogP contribution in [0.5, 0.6) is 5.75 Å². The van der Waals surface area contributed by atoms with E-state index < -0.39 is 16.1 Å². The number of aryl methyl sites for hydroxylation is 1. The normalized spacial score (nSPS) is 12.8. The molecular formula is C16H21N3O3S. The summed E-state index contributed by atoms with van der Waals surface area (Å²) in [5.74, 6) is 1.03. The number of nitrogens with zero attached hydrogens (tertiary/aromatic N) is 1. The van der Waals surface area contributed by atoms with Crippen molar-refractivity contribution >= 4 is 15.8 Å². The van der Waals surface area contributed by atoms with E-state index in [1.165, 1.54) is 12.3 Å². The van der Waals surface area contributed by atoms with Gasteiger partial charge in [-0.25, -0.2) is 18.1 Å². The van der Waals surface area contributed by atoms with Gasteiger partial charge in [-0.05, 0) is 50.1 Å². The van der Waals surface area contributed by atoms with Gasteiger partial charge in [0.25, 0.3) is 0 Å². The Labute approximate surface area is 136 Å². The third kappa shape index (κ3) is 4.20. The predicted octanol–water partition coefficient (Wildman–Crippen LogP) is 2.41. The average Bonchev–Trinajstić information content (AvgIpc) is 2.50. The first kappa shape index (κ1) is 17.2. The molecule has 124 valence electrons. The summed E-state index contributed by atoms with van der Waals surface area (Å²) in [6.07, 6.45) is 1.26. The number of nitrogens with one attached hydrogen (secondary N) is 1. The van der Waals surface area contributed by atoms with E-state index in [9.17, 15) is 8.42 Å². The van der Waals surface area contributed by atoms with Crippen molar-refractivity contribution in [3.63, 3.8) is 0 Å². The number of anilines is 1. The van der Waals surface area contributed by atoms with Crippen LogP contribution in [-0.2, 0) is 10.0 Å². The summed E-state index contributed by atoms with van der Waals surface area (Å²) in [5, 5.41) is 0. The van der Waals surface area contributed by atoms with Crippen molar-refractivity contribution in [3.05, 3.63) is 47.7 Å². The Balaban J connectivity index is 2.22. The summed E-state index contributed by atoms with van der Waals surface area (Å²) in [7, 11) is -3.68. The van der Waals surface area contributed by atoms with E-state index in [0.717, 1.165) is 5.56 Å². The fourth-order valence-electron chi connectivity index (χ4n) is 2.12. The number of benzene rings is 1. The summed E-state index contributed by atoms with van der Waals surface area (Å²) >= 11 is 0. The molecule has 2 aromatic rings. The van der Waals surface area contributed by atoms with Gasteiger partial charge in [-0.3, -0.25) is 0 Å². The van der Waals surface area contributed by atoms with Crippen LogP contribution in [0.2, 0.25) is 0 Å². The van der Waals surface area contributed by atoms with Crippen LogP contribution in [-0.4, -0.2) is 20.0 Å². The summed E-state index contributed by atoms with van der Waals surface area (Å²) in [6, 6.07) is 8.44. The first-order chi connectivity index (χ1) is 10.8. The Morgan fingerprint density at radius 2 is 2.09 bits per heavy atom. The molecule has 0 bridgehead atoms. The Morgan fingerprint density at radius 3 is 2.74 bits per heavy atom. The largest absolute Gasteiger partial charge is 0.494 e. The second-order valence-electron chi connectivity index (χ2n) is 5.22. The molecule has 0 saturated carbocycles. The van der Waals surface area contributed by atoms with Gasteiger partial charge in [-0.2, -0.15) is 0 Å². The van der Waals surface area contributed by atoms with Crippen LogP contribution in [0.1, 0.15) is 31.0 Å². The van der Waals surface area contributed by atoms with Gasteiger partial charge in [-0.1, -0.05) is 12.1 Å². The number of ether oxygens (including phenoxy) is 1. The minimum Gasteiger partial charge on any atom is -0.494 e. The molecule has 2 rings (SSSR count). The fourth-order valence-corrected chi connectivity index (χ4v) is 3.38. The maximum atomic E-state index is 12.5. The molecule has 23 heavy (non-hydrogen) atoms. The van der Waals surface area contributed by atoms with Gasteiger partial charge in [0.2, 0.25) is 10.0 Å². The maximum Gasteiger partial charge on any atom is 0.242 e. The smallest absolute Gasteiger partial charge is 0.242 e. The molecule has 0 spiro atoms. The lowest BCUT2D eigenvalue weighted by Gasteiger charge is -2.16. The minimum atomic E-state index is -3.68. The minimum absolute atomic E-state index is 0.0945. The number of rotatable bonds is 6. The summed E-state index contributed by atoms with van der Waals surface area (Å²) in [6.45, 7) is 5.95. The number of nitrogens with two attached hydrogens (primary N) is 1. The molecule has 1 unspecified atom stereocenters. The van der Waals surface area contributed by atoms with Crippen LogP contribution in [0.3, 0.4) is 0 Å². The number of hydrogen-bond acceptors (Lipinski definition) is 5. The van der Waals surface area contributed by atoms with Crippen molar-refractivity contribution in [1.29, 1.82) is 0 Å². The van der Waals surface area contributed by atoms with Gasteiger partial charge < -0.3 is 10.5 Å². The highest BCUT2D eigenvalue weighted by molar-refractivity contribution is 7.89. The molecule has 7 heteroatoms. The molecule has 1 aromatic carbocycles. The van der Waals surface area contributed by atoms with E-state index in [0.29, 0.717) is 23.7 Å². The topological polar surface area (TPSA) is 94.3 Å². The van der Waals surface area contributed by atoms with Crippen LogP contribution in [0.15, 0.2) is 41.4 Å². The lowest BCUT2D eigenvalue weighted by molar-refractivity contribution is 0.339. The van der Waals surface area contributed by atoms with E-state index in [1.807, 2.05) is 31.2 Å². The van der Waals surface area contributed by atoms with E-state index in [2.05, 4.69) is 9.71 Å². The molecule has 3 N–H and O–H groups in total. The Bertz CT molecular complexity index is 791. The zero-order chi connectivity index (χ0) is 17.0. The molecular weight excluding hydrogens is 314 g/mol. The van der Waals surface area contributed by atoms with Crippen LogP contribution >= 0.6 is 0 Å². The monoisotopic (exact) mass is 335 g/mol. The van der Waals surface area contributed by atoms with Crippen LogP contribution < -0.4 is 15.2 Å². The van der Waals surface area contributed by atoms with E-state index in [1.54, 1.807) is 13.8 Å². The van der Waals surface area contributed by atoms with Crippen molar-refractivity contribution in [1.82, 2.24) is 9.71 Å². The van der Waals surface area contributed by atoms with E-state index in [4.69, 9.17) is 10.5 Å². The van der Waals surface area contributed by atoms with Crippen molar-refractivity contribution in [2.75, 3.05) is 12.3 Å². The number of nitrogen functional groups attached to an aromatic ring is 1. The number of aromatic nitrogens is 1. The lowest BCUT2D eigenvalue weighted by atomic mass is 10.1. The third-order valence-electron chi connectivity index (χ3n) is 3.40. The van der Waals surface area contributed by atoms with Gasteiger partial charge >= 0.3 is 0 Å². The van der Waals surface area contributed by atoms with Gasteiger partial charge in [0, 0.05) is 12.2 Å². The quantitative estimate of drug-likeness (QED) is 0.845. The van der Waals surface area contributed by atoms with Gasteiger partial charge in [0.15, 0.2) is 0 Å². The molecule has 0 aliphatic carbocycles. The van der Waals surface area contributed by atoms with Crippen molar-refractivity contribution in [2.24, 2.45) is 0 Å². The third-order valence-corrected chi connectivity index (χ3v) is 4.91. The molecule has 0 saturated heterocycles. The summed E-state index contributed by atoms with van der Waals surface area (Å²) < 4.78 is 33.0. The molecule has 0 fully saturated rings. The highest BCUT2D eigenvalue weighted by atomic mass is 32.2. The van der Waals surface area contributed by atoms with Gasteiger partial charge in [0.1, 0.15) is 16.5 Å². The fraction of sp³-hybridized carbons (Fsp3) is 0.312. The standard InChI is InChI=1S/C16H21N3O3S/c1-4-22-14-7-5-6-13(9-14)12(3)19-23(20,21)15-8-11(2)16(17)18-10-15/h5-10,12,19H,4H2,1-3H3,(H2,17,18). The van der Waals surface area contributed by atoms with E-state index >= 15 is 0 Å². The molecule has 1 heterocycles. The molecule has 0 amide bonds. The number of hydrogen-bond donors (Lipinski definition) is 2. The second-order valence-corrected chi connectivity index (χ2v) is 6.94. The first-order valence-corrected chi connectivity index (χ1v) is 8.79. The number of sulfonamides is 1. The molecule has 6 nitrogen and oxygen atoms in total. The number of pyridine rings is 1. The Kier molecular flexibility index (Phi) is 5.23. The molecule has 0 radical (unpaired) electrons. The van der Waals surface area contributed by atoms with Gasteiger partial charge in [0.05, 0.1) is 6.61 Å². The summed E-state index contributed by atoms with van der Waals surface area (Å²) in [4.78, 5) is 4.00. The van der Waals surface area contributed by atoms with Crippen LogP contribution in [0.25, 0.3) is 0 Å². The lowest BCUT2D eigenvalue weighted by Crippen LogP contribution is -2.27. The predicted molar refractivity (Wildman–Crippen MR) is 89.7 cm³/mol. The molecule has 0 aliphatic rings. The molecule has 1 atom stereocenters. The van der Waals surface area contributed by atoms with Crippen LogP contribution in [0.4, 0.5) is 5.82 Å². The average molecular weight is 335 g/mol. The Morgan fingerprint density at radius 1 is 1.35 bits per heavy atom. The highest BCUT2D eigenvalue weighted by Gasteiger charge is 2.19. The first-order valence-electron chi connectivity index (χ1n) is 7.30.